The van der Waals surface area contributed by atoms with Crippen LogP contribution in [0.15, 0.2) is 66.9 Å². The fourth-order valence-corrected chi connectivity index (χ4v) is 3.81. The largest absolute Gasteiger partial charge is 0.477 e. The van der Waals surface area contributed by atoms with E-state index in [0.717, 1.165) is 21.5 Å². The number of carboxylic acid groups (broad SMARTS) is 1. The van der Waals surface area contributed by atoms with Crippen molar-refractivity contribution < 1.29 is 14.7 Å². The molecule has 4 nitrogen and oxygen atoms in total. The van der Waals surface area contributed by atoms with Gasteiger partial charge in [0, 0.05) is 22.7 Å². The molecule has 128 valence electrons. The number of para-hydroxylation sites is 1. The monoisotopic (exact) mass is 361 g/mol. The first-order chi connectivity index (χ1) is 12.5. The molecular formula is C21H15NO3S. The summed E-state index contributed by atoms with van der Waals surface area (Å²) >= 11 is 1.18. The van der Waals surface area contributed by atoms with Crippen molar-refractivity contribution in [3.63, 3.8) is 0 Å². The predicted octanol–water partition coefficient (Wildman–Crippen LogP) is 4.93. The number of ketones is 1. The van der Waals surface area contributed by atoms with E-state index < -0.39 is 5.97 Å². The molecule has 4 aromatic rings. The molecule has 5 heteroatoms. The van der Waals surface area contributed by atoms with Gasteiger partial charge in [-0.15, -0.1) is 11.3 Å². The number of fused-ring (bicyclic) bond motifs is 1. The van der Waals surface area contributed by atoms with Gasteiger partial charge in [-0.3, -0.25) is 4.79 Å². The molecule has 2 aromatic heterocycles. The number of aryl methyl sites for hydroxylation is 1. The second kappa shape index (κ2) is 6.28. The van der Waals surface area contributed by atoms with Crippen LogP contribution in [0.2, 0.25) is 0 Å². The number of carbonyl (C=O) groups is 2. The Kier molecular flexibility index (Phi) is 3.93. The fraction of sp³-hybridized carbons (Fsp3) is 0.0476. The van der Waals surface area contributed by atoms with Crippen LogP contribution in [0.1, 0.15) is 31.2 Å². The van der Waals surface area contributed by atoms with Crippen molar-refractivity contribution >= 4 is 34.0 Å². The van der Waals surface area contributed by atoms with E-state index in [2.05, 4.69) is 0 Å². The summed E-state index contributed by atoms with van der Waals surface area (Å²) in [6.45, 7) is 1.98. The highest BCUT2D eigenvalue weighted by atomic mass is 32.1. The SMILES string of the molecule is Cc1ccc(C(=O)c2cn(-c3ccc(C(=O)O)s3)c3ccccc23)cc1. The molecule has 0 amide bonds. The van der Waals surface area contributed by atoms with Crippen molar-refractivity contribution in [3.05, 3.63) is 88.4 Å². The molecule has 4 rings (SSSR count). The van der Waals surface area contributed by atoms with Gasteiger partial charge in [0.25, 0.3) is 0 Å². The molecule has 0 bridgehead atoms. The van der Waals surface area contributed by atoms with E-state index in [0.29, 0.717) is 11.1 Å². The van der Waals surface area contributed by atoms with Gasteiger partial charge in [-0.05, 0) is 25.1 Å². The van der Waals surface area contributed by atoms with E-state index in [9.17, 15) is 9.59 Å². The first kappa shape index (κ1) is 16.3. The van der Waals surface area contributed by atoms with Gasteiger partial charge in [0.05, 0.1) is 5.52 Å². The molecule has 0 unspecified atom stereocenters. The number of aromatic carboxylic acids is 1. The number of carbonyl (C=O) groups excluding carboxylic acids is 1. The zero-order chi connectivity index (χ0) is 18.3. The van der Waals surface area contributed by atoms with E-state index in [4.69, 9.17) is 5.11 Å². The quantitative estimate of drug-likeness (QED) is 0.524. The van der Waals surface area contributed by atoms with Crippen molar-refractivity contribution in [3.8, 4) is 5.00 Å². The summed E-state index contributed by atoms with van der Waals surface area (Å²) in [4.78, 5) is 24.5. The lowest BCUT2D eigenvalue weighted by atomic mass is 10.0. The highest BCUT2D eigenvalue weighted by Crippen LogP contribution is 2.30. The number of aromatic nitrogens is 1. The lowest BCUT2D eigenvalue weighted by molar-refractivity contribution is 0.0702. The van der Waals surface area contributed by atoms with Crippen LogP contribution in [0.25, 0.3) is 15.9 Å². The average molecular weight is 361 g/mol. The lowest BCUT2D eigenvalue weighted by Gasteiger charge is -2.00. The van der Waals surface area contributed by atoms with Gasteiger partial charge in [0.1, 0.15) is 9.88 Å². The van der Waals surface area contributed by atoms with Crippen LogP contribution in [-0.4, -0.2) is 21.4 Å². The molecule has 0 saturated carbocycles. The van der Waals surface area contributed by atoms with Crippen molar-refractivity contribution in [1.29, 1.82) is 0 Å². The molecule has 0 aliphatic rings. The molecule has 0 fully saturated rings. The van der Waals surface area contributed by atoms with Crippen LogP contribution in [0.4, 0.5) is 0 Å². The third-order valence-electron chi connectivity index (χ3n) is 4.31. The van der Waals surface area contributed by atoms with Crippen LogP contribution in [0.5, 0.6) is 0 Å². The first-order valence-electron chi connectivity index (χ1n) is 8.09. The van der Waals surface area contributed by atoms with Crippen LogP contribution in [0, 0.1) is 6.92 Å². The Bertz CT molecular complexity index is 1140. The molecule has 0 aliphatic heterocycles. The van der Waals surface area contributed by atoms with Crippen LogP contribution >= 0.6 is 11.3 Å². The van der Waals surface area contributed by atoms with Crippen LogP contribution < -0.4 is 0 Å². The zero-order valence-corrected chi connectivity index (χ0v) is 14.8. The average Bonchev–Trinajstić information content (AvgIpc) is 3.27. The first-order valence-corrected chi connectivity index (χ1v) is 8.91. The Morgan fingerprint density at radius 3 is 2.38 bits per heavy atom. The minimum absolute atomic E-state index is 0.0463. The summed E-state index contributed by atoms with van der Waals surface area (Å²) in [6, 6.07) is 18.5. The van der Waals surface area contributed by atoms with Crippen LogP contribution in [0.3, 0.4) is 0 Å². The van der Waals surface area contributed by atoms with E-state index in [1.165, 1.54) is 11.3 Å². The summed E-state index contributed by atoms with van der Waals surface area (Å²) in [5.41, 5.74) is 3.22. The molecule has 1 N–H and O–H groups in total. The molecule has 2 aromatic carbocycles. The molecule has 0 atom stereocenters. The molecule has 0 saturated heterocycles. The number of carboxylic acids is 1. The van der Waals surface area contributed by atoms with Gasteiger partial charge in [-0.1, -0.05) is 48.0 Å². The molecule has 2 heterocycles. The van der Waals surface area contributed by atoms with E-state index in [-0.39, 0.29) is 10.7 Å². The number of nitrogens with zero attached hydrogens (tertiary/aromatic N) is 1. The van der Waals surface area contributed by atoms with Gasteiger partial charge in [0.2, 0.25) is 0 Å². The zero-order valence-electron chi connectivity index (χ0n) is 14.0. The Morgan fingerprint density at radius 1 is 0.962 bits per heavy atom. The summed E-state index contributed by atoms with van der Waals surface area (Å²) < 4.78 is 1.88. The number of hydrogen-bond donors (Lipinski definition) is 1. The maximum absolute atomic E-state index is 13.0. The van der Waals surface area contributed by atoms with Gasteiger partial charge in [-0.25, -0.2) is 4.79 Å². The van der Waals surface area contributed by atoms with Crippen molar-refractivity contribution in [1.82, 2.24) is 4.57 Å². The maximum atomic E-state index is 13.0. The fourth-order valence-electron chi connectivity index (χ4n) is 2.98. The molecule has 0 spiro atoms. The minimum atomic E-state index is -0.950. The van der Waals surface area contributed by atoms with Gasteiger partial charge in [0.15, 0.2) is 5.78 Å². The molecule has 0 radical (unpaired) electrons. The minimum Gasteiger partial charge on any atom is -0.477 e. The van der Waals surface area contributed by atoms with E-state index >= 15 is 0 Å². The highest BCUT2D eigenvalue weighted by molar-refractivity contribution is 7.16. The Labute approximate surface area is 153 Å². The number of rotatable bonds is 4. The topological polar surface area (TPSA) is 59.3 Å². The maximum Gasteiger partial charge on any atom is 0.345 e. The van der Waals surface area contributed by atoms with Crippen molar-refractivity contribution in [2.45, 2.75) is 6.92 Å². The Hall–Kier alpha value is -3.18. The molecule has 0 aliphatic carbocycles. The van der Waals surface area contributed by atoms with Crippen molar-refractivity contribution in [2.75, 3.05) is 0 Å². The van der Waals surface area contributed by atoms with E-state index in [1.54, 1.807) is 18.3 Å². The third kappa shape index (κ3) is 2.72. The third-order valence-corrected chi connectivity index (χ3v) is 5.38. The normalized spacial score (nSPS) is 11.0. The standard InChI is InChI=1S/C21H15NO3S/c1-13-6-8-14(9-7-13)20(23)16-12-22(17-5-3-2-4-15(16)17)19-11-10-18(26-19)21(24)25/h2-12H,1H3,(H,24,25). The van der Waals surface area contributed by atoms with E-state index in [1.807, 2.05) is 60.0 Å². The molecule has 26 heavy (non-hydrogen) atoms. The number of thiophene rings is 1. The summed E-state index contributed by atoms with van der Waals surface area (Å²) in [5.74, 6) is -0.997. The second-order valence-corrected chi connectivity index (χ2v) is 7.13. The summed E-state index contributed by atoms with van der Waals surface area (Å²) in [7, 11) is 0. The van der Waals surface area contributed by atoms with Gasteiger partial charge in [-0.2, -0.15) is 0 Å². The number of benzene rings is 2. The smallest absolute Gasteiger partial charge is 0.345 e. The van der Waals surface area contributed by atoms with Crippen molar-refractivity contribution in [2.24, 2.45) is 0 Å². The Morgan fingerprint density at radius 2 is 1.69 bits per heavy atom. The summed E-state index contributed by atoms with van der Waals surface area (Å²) in [5, 5.41) is 10.8. The van der Waals surface area contributed by atoms with Crippen LogP contribution in [-0.2, 0) is 0 Å². The Balaban J connectivity index is 1.87. The highest BCUT2D eigenvalue weighted by Gasteiger charge is 2.18. The predicted molar refractivity (Wildman–Crippen MR) is 103 cm³/mol. The van der Waals surface area contributed by atoms with Gasteiger partial charge < -0.3 is 9.67 Å². The number of hydrogen-bond acceptors (Lipinski definition) is 3. The van der Waals surface area contributed by atoms with Gasteiger partial charge >= 0.3 is 5.97 Å². The lowest BCUT2D eigenvalue weighted by Crippen LogP contribution is -2.00. The molecular weight excluding hydrogens is 346 g/mol. The second-order valence-electron chi connectivity index (χ2n) is 6.07. The summed E-state index contributed by atoms with van der Waals surface area (Å²) in [6.07, 6.45) is 1.80.